The van der Waals surface area contributed by atoms with E-state index >= 15 is 0 Å². The van der Waals surface area contributed by atoms with Crippen molar-refractivity contribution in [3.63, 3.8) is 0 Å². The molecule has 2 aromatic heterocycles. The lowest BCUT2D eigenvalue weighted by Gasteiger charge is -2.19. The van der Waals surface area contributed by atoms with Crippen molar-refractivity contribution in [2.75, 3.05) is 0 Å². The predicted molar refractivity (Wildman–Crippen MR) is 219 cm³/mol. The van der Waals surface area contributed by atoms with Crippen molar-refractivity contribution in [2.24, 2.45) is 0 Å². The molecule has 11 rings (SSSR count). The molecular weight excluding hydrogens is 631 g/mol. The maximum absolute atomic E-state index is 6.77. The van der Waals surface area contributed by atoms with Crippen LogP contribution in [0.15, 0.2) is 192 Å². The van der Waals surface area contributed by atoms with Crippen LogP contribution in [0.3, 0.4) is 0 Å². The number of nitrogens with zero attached hydrogens (tertiary/aromatic N) is 1. The van der Waals surface area contributed by atoms with Crippen molar-refractivity contribution >= 4 is 65.3 Å². The zero-order valence-electron chi connectivity index (χ0n) is 28.3. The third-order valence-corrected chi connectivity index (χ3v) is 10.8. The molecule has 0 aliphatic heterocycles. The van der Waals surface area contributed by atoms with Gasteiger partial charge in [0.1, 0.15) is 11.2 Å². The summed E-state index contributed by atoms with van der Waals surface area (Å²) in [6, 6.07) is 67.9. The number of para-hydroxylation sites is 3. The lowest BCUT2D eigenvalue weighted by atomic mass is 9.83. The molecule has 0 unspecified atom stereocenters. The summed E-state index contributed by atoms with van der Waals surface area (Å²) in [5.74, 6) is 0. The van der Waals surface area contributed by atoms with Gasteiger partial charge in [-0.3, -0.25) is 0 Å². The molecule has 242 valence electrons. The summed E-state index contributed by atoms with van der Waals surface area (Å²) in [4.78, 5) is 0. The number of hydrogen-bond donors (Lipinski definition) is 0. The Hall–Kier alpha value is -6.90. The van der Waals surface area contributed by atoms with Gasteiger partial charge in [0.15, 0.2) is 0 Å². The van der Waals surface area contributed by atoms with Gasteiger partial charge in [0.05, 0.1) is 11.0 Å². The standard InChI is InChI=1S/C50H31NO/c1-3-16-32(17-4-1)33-18-15-19-34(30-33)46-36-22-7-9-24-38(36)47(39-25-10-8-23-37(39)46)50-48-40-26-11-13-28-42(40)51(35-20-5-2-6-21-35)43(48)31-45-49(50)41-27-12-14-29-44(41)52-45/h1-31H. The Morgan fingerprint density at radius 3 is 1.56 bits per heavy atom. The first-order valence-electron chi connectivity index (χ1n) is 17.9. The second-order valence-corrected chi connectivity index (χ2v) is 13.6. The van der Waals surface area contributed by atoms with Gasteiger partial charge < -0.3 is 8.98 Å². The third-order valence-electron chi connectivity index (χ3n) is 10.8. The van der Waals surface area contributed by atoms with Crippen LogP contribution in [0.5, 0.6) is 0 Å². The van der Waals surface area contributed by atoms with E-state index in [1.54, 1.807) is 0 Å². The molecule has 2 heterocycles. The summed E-state index contributed by atoms with van der Waals surface area (Å²) in [5, 5.41) is 9.61. The van der Waals surface area contributed by atoms with Crippen LogP contribution in [0, 0.1) is 0 Å². The van der Waals surface area contributed by atoms with Gasteiger partial charge in [-0.05, 0) is 79.7 Å². The fraction of sp³-hybridized carbons (Fsp3) is 0. The topological polar surface area (TPSA) is 18.1 Å². The van der Waals surface area contributed by atoms with E-state index in [2.05, 4.69) is 193 Å². The summed E-state index contributed by atoms with van der Waals surface area (Å²) < 4.78 is 9.17. The monoisotopic (exact) mass is 661 g/mol. The molecule has 0 saturated heterocycles. The average Bonchev–Trinajstić information content (AvgIpc) is 3.75. The number of furan rings is 1. The van der Waals surface area contributed by atoms with Crippen LogP contribution in [-0.4, -0.2) is 4.57 Å². The Morgan fingerprint density at radius 2 is 0.846 bits per heavy atom. The van der Waals surface area contributed by atoms with E-state index in [1.807, 2.05) is 0 Å². The van der Waals surface area contributed by atoms with Gasteiger partial charge in [0.2, 0.25) is 0 Å². The number of rotatable bonds is 4. The van der Waals surface area contributed by atoms with E-state index in [-0.39, 0.29) is 0 Å². The van der Waals surface area contributed by atoms with E-state index in [9.17, 15) is 0 Å². The first kappa shape index (κ1) is 28.9. The molecule has 0 aliphatic carbocycles. The SMILES string of the molecule is c1ccc(-c2cccc(-c3c4ccccc4c(-c4c5c(cc6c4c4ccccc4n6-c4ccccc4)oc4ccccc45)c4ccccc34)c2)cc1. The highest BCUT2D eigenvalue weighted by Gasteiger charge is 2.26. The second-order valence-electron chi connectivity index (χ2n) is 13.6. The molecule has 0 atom stereocenters. The van der Waals surface area contributed by atoms with E-state index in [0.29, 0.717) is 0 Å². The minimum Gasteiger partial charge on any atom is -0.456 e. The lowest BCUT2D eigenvalue weighted by Crippen LogP contribution is -1.94. The molecule has 0 radical (unpaired) electrons. The van der Waals surface area contributed by atoms with E-state index in [4.69, 9.17) is 4.42 Å². The van der Waals surface area contributed by atoms with Gasteiger partial charge in [0, 0.05) is 38.9 Å². The molecule has 0 aliphatic rings. The van der Waals surface area contributed by atoms with Crippen molar-refractivity contribution in [2.45, 2.75) is 0 Å². The molecular formula is C50H31NO. The first-order valence-corrected chi connectivity index (χ1v) is 17.9. The van der Waals surface area contributed by atoms with Crippen molar-refractivity contribution in [3.05, 3.63) is 188 Å². The summed E-state index contributed by atoms with van der Waals surface area (Å²) in [5.41, 5.74) is 12.5. The Balaban J connectivity index is 1.35. The van der Waals surface area contributed by atoms with Crippen molar-refractivity contribution in [1.29, 1.82) is 0 Å². The predicted octanol–water partition coefficient (Wildman–Crippen LogP) is 14.0. The summed E-state index contributed by atoms with van der Waals surface area (Å²) in [6.45, 7) is 0. The van der Waals surface area contributed by atoms with Gasteiger partial charge in [-0.2, -0.15) is 0 Å². The van der Waals surface area contributed by atoms with Crippen molar-refractivity contribution < 1.29 is 4.42 Å². The minimum absolute atomic E-state index is 0.886. The third kappa shape index (κ3) is 4.19. The fourth-order valence-corrected chi connectivity index (χ4v) is 8.63. The summed E-state index contributed by atoms with van der Waals surface area (Å²) in [6.07, 6.45) is 0. The Morgan fingerprint density at radius 1 is 0.308 bits per heavy atom. The average molecular weight is 662 g/mol. The van der Waals surface area contributed by atoms with Crippen LogP contribution in [0.2, 0.25) is 0 Å². The van der Waals surface area contributed by atoms with Crippen LogP contribution < -0.4 is 0 Å². The number of hydrogen-bond acceptors (Lipinski definition) is 1. The van der Waals surface area contributed by atoms with Gasteiger partial charge in [-0.1, -0.05) is 152 Å². The maximum Gasteiger partial charge on any atom is 0.138 e. The van der Waals surface area contributed by atoms with Crippen molar-refractivity contribution in [3.8, 4) is 39.1 Å². The molecule has 0 saturated carbocycles. The zero-order chi connectivity index (χ0) is 34.2. The highest BCUT2D eigenvalue weighted by Crippen LogP contribution is 2.51. The second kappa shape index (κ2) is 11.3. The smallest absolute Gasteiger partial charge is 0.138 e. The highest BCUT2D eigenvalue weighted by molar-refractivity contribution is 6.33. The minimum atomic E-state index is 0.886. The molecule has 9 aromatic carbocycles. The molecule has 52 heavy (non-hydrogen) atoms. The largest absolute Gasteiger partial charge is 0.456 e. The van der Waals surface area contributed by atoms with Crippen LogP contribution >= 0.6 is 0 Å². The van der Waals surface area contributed by atoms with Gasteiger partial charge in [0.25, 0.3) is 0 Å². The molecule has 0 spiro atoms. The van der Waals surface area contributed by atoms with E-state index < -0.39 is 0 Å². The number of fused-ring (bicyclic) bond motifs is 8. The molecule has 0 amide bonds. The highest BCUT2D eigenvalue weighted by atomic mass is 16.3. The Labute approximate surface area is 300 Å². The van der Waals surface area contributed by atoms with Crippen LogP contribution in [-0.2, 0) is 0 Å². The number of benzene rings is 9. The van der Waals surface area contributed by atoms with Gasteiger partial charge in [-0.25, -0.2) is 0 Å². The zero-order valence-corrected chi connectivity index (χ0v) is 28.3. The lowest BCUT2D eigenvalue weighted by molar-refractivity contribution is 0.669. The van der Waals surface area contributed by atoms with E-state index in [1.165, 1.54) is 71.2 Å². The fourth-order valence-electron chi connectivity index (χ4n) is 8.63. The Kier molecular flexibility index (Phi) is 6.28. The molecule has 0 fully saturated rings. The molecule has 2 heteroatoms. The van der Waals surface area contributed by atoms with E-state index in [0.717, 1.165) is 33.1 Å². The summed E-state index contributed by atoms with van der Waals surface area (Å²) in [7, 11) is 0. The van der Waals surface area contributed by atoms with Crippen LogP contribution in [0.4, 0.5) is 0 Å². The van der Waals surface area contributed by atoms with Crippen LogP contribution in [0.25, 0.3) is 104 Å². The number of aromatic nitrogens is 1. The normalized spacial score (nSPS) is 11.8. The molecule has 0 bridgehead atoms. The molecule has 0 N–H and O–H groups in total. The first-order chi connectivity index (χ1) is 25.8. The van der Waals surface area contributed by atoms with Crippen LogP contribution in [0.1, 0.15) is 0 Å². The molecule has 2 nitrogen and oxygen atoms in total. The summed E-state index contributed by atoms with van der Waals surface area (Å²) >= 11 is 0. The maximum atomic E-state index is 6.77. The van der Waals surface area contributed by atoms with Gasteiger partial charge in [-0.15, -0.1) is 0 Å². The van der Waals surface area contributed by atoms with Crippen molar-refractivity contribution in [1.82, 2.24) is 4.57 Å². The van der Waals surface area contributed by atoms with Gasteiger partial charge >= 0.3 is 0 Å². The Bertz CT molecular complexity index is 3110. The molecule has 11 aromatic rings. The quantitative estimate of drug-likeness (QED) is 0.172.